The van der Waals surface area contributed by atoms with Crippen LogP contribution in [-0.2, 0) is 9.53 Å². The van der Waals surface area contributed by atoms with Gasteiger partial charge in [-0.3, -0.25) is 4.79 Å². The van der Waals surface area contributed by atoms with E-state index in [1.165, 1.54) is 7.11 Å². The largest absolute Gasteiger partial charge is 0.482 e. The number of nitrogens with one attached hydrogen (secondary N) is 1. The molecule has 2 rings (SSSR count). The van der Waals surface area contributed by atoms with Crippen LogP contribution in [0, 0.1) is 13.8 Å². The van der Waals surface area contributed by atoms with Crippen molar-refractivity contribution in [1.29, 1.82) is 0 Å². The van der Waals surface area contributed by atoms with Crippen molar-refractivity contribution < 1.29 is 19.1 Å². The van der Waals surface area contributed by atoms with E-state index in [2.05, 4.69) is 10.1 Å². The molecule has 2 aromatic rings. The Kier molecular flexibility index (Phi) is 5.36. The van der Waals surface area contributed by atoms with Crippen molar-refractivity contribution in [2.45, 2.75) is 13.8 Å². The Labute approximate surface area is 135 Å². The van der Waals surface area contributed by atoms with Crippen LogP contribution in [0.4, 0.5) is 5.69 Å². The van der Waals surface area contributed by atoms with Crippen LogP contribution in [0.1, 0.15) is 21.5 Å². The summed E-state index contributed by atoms with van der Waals surface area (Å²) in [5.41, 5.74) is 3.48. The van der Waals surface area contributed by atoms with E-state index in [-0.39, 0.29) is 12.5 Å². The maximum Gasteiger partial charge on any atom is 0.343 e. The fourth-order valence-electron chi connectivity index (χ4n) is 1.92. The summed E-state index contributed by atoms with van der Waals surface area (Å²) < 4.78 is 9.74. The molecule has 0 bridgehead atoms. The summed E-state index contributed by atoms with van der Waals surface area (Å²) >= 11 is 0. The zero-order chi connectivity index (χ0) is 16.8. The molecule has 0 aliphatic carbocycles. The molecular weight excluding hydrogens is 294 g/mol. The normalized spacial score (nSPS) is 10.0. The van der Waals surface area contributed by atoms with Crippen molar-refractivity contribution in [3.63, 3.8) is 0 Å². The predicted octanol–water partition coefficient (Wildman–Crippen LogP) is 3.11. The second-order valence-corrected chi connectivity index (χ2v) is 5.14. The maximum absolute atomic E-state index is 12.2. The molecule has 0 fully saturated rings. The van der Waals surface area contributed by atoms with E-state index in [0.717, 1.165) is 11.1 Å². The number of benzene rings is 2. The number of esters is 1. The molecule has 0 saturated heterocycles. The maximum atomic E-state index is 12.2. The molecule has 0 atom stereocenters. The summed E-state index contributed by atoms with van der Waals surface area (Å²) in [5, 5.41) is 2.82. The van der Waals surface area contributed by atoms with Gasteiger partial charge in [-0.05, 0) is 61.4 Å². The van der Waals surface area contributed by atoms with Crippen LogP contribution in [0.5, 0.6) is 5.75 Å². The summed E-state index contributed by atoms with van der Waals surface area (Å²) in [6.45, 7) is 3.83. The molecule has 5 nitrogen and oxygen atoms in total. The molecule has 0 radical (unpaired) electrons. The minimum atomic E-state index is -0.447. The standard InChI is InChI=1S/C18H19NO4/c1-12-4-5-14(10-13(12)2)18(21)19-15-6-8-16(9-7-15)23-11-17(20)22-3/h4-10H,11H2,1-3H3,(H,19,21). The average molecular weight is 313 g/mol. The van der Waals surface area contributed by atoms with E-state index in [4.69, 9.17) is 4.74 Å². The van der Waals surface area contributed by atoms with Crippen LogP contribution >= 0.6 is 0 Å². The van der Waals surface area contributed by atoms with Crippen molar-refractivity contribution in [2.24, 2.45) is 0 Å². The van der Waals surface area contributed by atoms with Crippen LogP contribution in [0.3, 0.4) is 0 Å². The van der Waals surface area contributed by atoms with Gasteiger partial charge in [-0.1, -0.05) is 6.07 Å². The molecule has 0 aromatic heterocycles. The number of aryl methyl sites for hydroxylation is 2. The summed E-state index contributed by atoms with van der Waals surface area (Å²) in [6.07, 6.45) is 0. The molecule has 23 heavy (non-hydrogen) atoms. The van der Waals surface area contributed by atoms with Gasteiger partial charge in [-0.15, -0.1) is 0 Å². The second kappa shape index (κ2) is 7.45. The lowest BCUT2D eigenvalue weighted by Gasteiger charge is -2.09. The monoisotopic (exact) mass is 313 g/mol. The Morgan fingerprint density at radius 2 is 1.70 bits per heavy atom. The molecule has 0 heterocycles. The first-order valence-electron chi connectivity index (χ1n) is 7.18. The number of methoxy groups -OCH3 is 1. The van der Waals surface area contributed by atoms with Gasteiger partial charge in [0.05, 0.1) is 7.11 Å². The summed E-state index contributed by atoms with van der Waals surface area (Å²) in [6, 6.07) is 12.4. The third-order valence-electron chi connectivity index (χ3n) is 3.47. The minimum absolute atomic E-state index is 0.148. The third kappa shape index (κ3) is 4.57. The molecule has 0 aliphatic heterocycles. The molecule has 120 valence electrons. The molecule has 1 amide bonds. The van der Waals surface area contributed by atoms with Gasteiger partial charge in [0.15, 0.2) is 6.61 Å². The summed E-state index contributed by atoms with van der Waals surface area (Å²) in [7, 11) is 1.30. The third-order valence-corrected chi connectivity index (χ3v) is 3.47. The topological polar surface area (TPSA) is 64.6 Å². The second-order valence-electron chi connectivity index (χ2n) is 5.14. The highest BCUT2D eigenvalue weighted by molar-refractivity contribution is 6.04. The van der Waals surface area contributed by atoms with E-state index >= 15 is 0 Å². The molecule has 0 saturated carbocycles. The highest BCUT2D eigenvalue weighted by atomic mass is 16.6. The van der Waals surface area contributed by atoms with Crippen molar-refractivity contribution in [1.82, 2.24) is 0 Å². The lowest BCUT2D eigenvalue weighted by molar-refractivity contribution is -0.142. The van der Waals surface area contributed by atoms with Gasteiger partial charge < -0.3 is 14.8 Å². The minimum Gasteiger partial charge on any atom is -0.482 e. The van der Waals surface area contributed by atoms with Crippen molar-refractivity contribution >= 4 is 17.6 Å². The van der Waals surface area contributed by atoms with Crippen LogP contribution in [-0.4, -0.2) is 25.6 Å². The number of amides is 1. The predicted molar refractivity (Wildman–Crippen MR) is 87.8 cm³/mol. The highest BCUT2D eigenvalue weighted by Crippen LogP contribution is 2.17. The first kappa shape index (κ1) is 16.5. The number of carbonyl (C=O) groups excluding carboxylic acids is 2. The van der Waals surface area contributed by atoms with Crippen molar-refractivity contribution in [3.8, 4) is 5.75 Å². The van der Waals surface area contributed by atoms with Crippen LogP contribution in [0.25, 0.3) is 0 Å². The lowest BCUT2D eigenvalue weighted by Crippen LogP contribution is -2.13. The zero-order valence-electron chi connectivity index (χ0n) is 13.4. The number of ether oxygens (including phenoxy) is 2. The fourth-order valence-corrected chi connectivity index (χ4v) is 1.92. The molecule has 2 aromatic carbocycles. The van der Waals surface area contributed by atoms with Crippen LogP contribution in [0.15, 0.2) is 42.5 Å². The van der Waals surface area contributed by atoms with Crippen molar-refractivity contribution in [3.05, 3.63) is 59.2 Å². The molecule has 5 heteroatoms. The number of anilines is 1. The number of hydrogen-bond acceptors (Lipinski definition) is 4. The average Bonchev–Trinajstić information content (AvgIpc) is 2.56. The van der Waals surface area contributed by atoms with Gasteiger partial charge in [0.1, 0.15) is 5.75 Å². The smallest absolute Gasteiger partial charge is 0.343 e. The van der Waals surface area contributed by atoms with Crippen LogP contribution < -0.4 is 10.1 Å². The molecule has 1 N–H and O–H groups in total. The van der Waals surface area contributed by atoms with Crippen LogP contribution in [0.2, 0.25) is 0 Å². The van der Waals surface area contributed by atoms with Gasteiger partial charge in [-0.2, -0.15) is 0 Å². The molecular formula is C18H19NO4. The molecule has 0 spiro atoms. The molecule has 0 aliphatic rings. The Morgan fingerprint density at radius 3 is 2.30 bits per heavy atom. The van der Waals surface area contributed by atoms with E-state index in [9.17, 15) is 9.59 Å². The Morgan fingerprint density at radius 1 is 1.00 bits per heavy atom. The quantitative estimate of drug-likeness (QED) is 0.861. The Bertz CT molecular complexity index is 707. The summed E-state index contributed by atoms with van der Waals surface area (Å²) in [5.74, 6) is -0.0898. The van der Waals surface area contributed by atoms with E-state index in [1.54, 1.807) is 30.3 Å². The first-order chi connectivity index (χ1) is 11.0. The number of carbonyl (C=O) groups is 2. The fraction of sp³-hybridized carbons (Fsp3) is 0.222. The Balaban J connectivity index is 1.98. The van der Waals surface area contributed by atoms with Gasteiger partial charge in [0.2, 0.25) is 0 Å². The Hall–Kier alpha value is -2.82. The van der Waals surface area contributed by atoms with E-state index in [0.29, 0.717) is 17.0 Å². The zero-order valence-corrected chi connectivity index (χ0v) is 13.4. The first-order valence-corrected chi connectivity index (χ1v) is 7.18. The lowest BCUT2D eigenvalue weighted by atomic mass is 10.1. The highest BCUT2D eigenvalue weighted by Gasteiger charge is 2.08. The van der Waals surface area contributed by atoms with Gasteiger partial charge in [0, 0.05) is 11.3 Å². The number of rotatable bonds is 5. The number of hydrogen-bond donors (Lipinski definition) is 1. The SMILES string of the molecule is COC(=O)COc1ccc(NC(=O)c2ccc(C)c(C)c2)cc1. The van der Waals surface area contributed by atoms with Crippen molar-refractivity contribution in [2.75, 3.05) is 19.0 Å². The summed E-state index contributed by atoms with van der Waals surface area (Å²) in [4.78, 5) is 23.2. The molecule has 0 unspecified atom stereocenters. The van der Waals surface area contributed by atoms with Gasteiger partial charge >= 0.3 is 5.97 Å². The van der Waals surface area contributed by atoms with E-state index in [1.807, 2.05) is 26.0 Å². The van der Waals surface area contributed by atoms with Gasteiger partial charge in [0.25, 0.3) is 5.91 Å². The van der Waals surface area contributed by atoms with E-state index < -0.39 is 5.97 Å². The van der Waals surface area contributed by atoms with Gasteiger partial charge in [-0.25, -0.2) is 4.79 Å².